The van der Waals surface area contributed by atoms with Crippen LogP contribution < -0.4 is 10.2 Å². The minimum Gasteiger partial charge on any atom is -0.381 e. The van der Waals surface area contributed by atoms with Crippen LogP contribution in [0.3, 0.4) is 0 Å². The van der Waals surface area contributed by atoms with Crippen LogP contribution in [0.25, 0.3) is 0 Å². The van der Waals surface area contributed by atoms with Gasteiger partial charge in [0.25, 0.3) is 11.8 Å². The number of ether oxygens (including phenoxy) is 1. The number of imide groups is 2. The number of fused-ring (bicyclic) bond motifs is 1. The molecule has 3 aliphatic rings. The summed E-state index contributed by atoms with van der Waals surface area (Å²) in [6.07, 6.45) is 2.17. The average molecular weight is 371 g/mol. The van der Waals surface area contributed by atoms with Crippen molar-refractivity contribution in [2.24, 2.45) is 0 Å². The van der Waals surface area contributed by atoms with Crippen molar-refractivity contribution in [2.45, 2.75) is 37.8 Å². The summed E-state index contributed by atoms with van der Waals surface area (Å²) in [6.45, 7) is 1.46. The fourth-order valence-electron chi connectivity index (χ4n) is 4.09. The standard InChI is InChI=1S/C19H21N3O5/c1-27-11-7-9-21(10-8-11)13-4-2-3-12-16(13)19(26)22(18(12)25)14-5-6-15(23)20-17(14)24/h2-4,11,14H,5-10H2,1H3,(H,20,23,24). The van der Waals surface area contributed by atoms with Crippen LogP contribution in [0.5, 0.6) is 0 Å². The van der Waals surface area contributed by atoms with E-state index in [9.17, 15) is 19.2 Å². The lowest BCUT2D eigenvalue weighted by Crippen LogP contribution is -2.54. The highest BCUT2D eigenvalue weighted by atomic mass is 16.5. The Morgan fingerprint density at radius 1 is 1.04 bits per heavy atom. The second kappa shape index (κ2) is 6.77. The Bertz CT molecular complexity index is 829. The molecule has 3 aliphatic heterocycles. The van der Waals surface area contributed by atoms with Crippen LogP contribution in [0, 0.1) is 0 Å². The smallest absolute Gasteiger partial charge is 0.264 e. The molecule has 1 aromatic rings. The molecule has 4 amide bonds. The van der Waals surface area contributed by atoms with Crippen LogP contribution >= 0.6 is 0 Å². The third-order valence-corrected chi connectivity index (χ3v) is 5.56. The number of piperidine rings is 2. The molecule has 0 aromatic heterocycles. The molecular formula is C19H21N3O5. The van der Waals surface area contributed by atoms with Crippen molar-refractivity contribution >= 4 is 29.3 Å². The fourth-order valence-corrected chi connectivity index (χ4v) is 4.09. The fraction of sp³-hybridized carbons (Fsp3) is 0.474. The second-order valence-corrected chi connectivity index (χ2v) is 7.07. The van der Waals surface area contributed by atoms with Gasteiger partial charge in [-0.3, -0.25) is 29.4 Å². The number of nitrogens with one attached hydrogen (secondary N) is 1. The van der Waals surface area contributed by atoms with Gasteiger partial charge in [0, 0.05) is 26.6 Å². The molecule has 0 bridgehead atoms. The summed E-state index contributed by atoms with van der Waals surface area (Å²) >= 11 is 0. The van der Waals surface area contributed by atoms with E-state index in [0.717, 1.165) is 36.5 Å². The van der Waals surface area contributed by atoms with E-state index in [4.69, 9.17) is 4.74 Å². The van der Waals surface area contributed by atoms with Crippen molar-refractivity contribution in [1.29, 1.82) is 0 Å². The Labute approximate surface area is 156 Å². The maximum Gasteiger partial charge on any atom is 0.264 e. The van der Waals surface area contributed by atoms with Gasteiger partial charge in [0.05, 0.1) is 22.9 Å². The normalized spacial score (nSPS) is 23.7. The molecule has 1 aromatic carbocycles. The summed E-state index contributed by atoms with van der Waals surface area (Å²) in [6, 6.07) is 4.27. The Kier molecular flexibility index (Phi) is 4.43. The van der Waals surface area contributed by atoms with Crippen molar-refractivity contribution in [3.63, 3.8) is 0 Å². The lowest BCUT2D eigenvalue weighted by atomic mass is 10.0. The summed E-state index contributed by atoms with van der Waals surface area (Å²) in [4.78, 5) is 52.7. The van der Waals surface area contributed by atoms with E-state index in [1.54, 1.807) is 19.2 Å². The number of methoxy groups -OCH3 is 1. The quantitative estimate of drug-likeness (QED) is 0.786. The molecule has 1 unspecified atom stereocenters. The molecule has 0 radical (unpaired) electrons. The lowest BCUT2D eigenvalue weighted by Gasteiger charge is -2.34. The van der Waals surface area contributed by atoms with Crippen LogP contribution in [0.4, 0.5) is 5.69 Å². The maximum absolute atomic E-state index is 13.1. The van der Waals surface area contributed by atoms with Gasteiger partial charge < -0.3 is 9.64 Å². The molecule has 1 atom stereocenters. The zero-order valence-electron chi connectivity index (χ0n) is 15.1. The third kappa shape index (κ3) is 2.90. The van der Waals surface area contributed by atoms with Gasteiger partial charge in [0.2, 0.25) is 11.8 Å². The van der Waals surface area contributed by atoms with Crippen LogP contribution in [0.2, 0.25) is 0 Å². The Morgan fingerprint density at radius 2 is 1.78 bits per heavy atom. The number of hydrogen-bond donors (Lipinski definition) is 1. The number of carbonyl (C=O) groups excluding carboxylic acids is 4. The molecule has 8 nitrogen and oxygen atoms in total. The summed E-state index contributed by atoms with van der Waals surface area (Å²) in [7, 11) is 1.70. The minimum atomic E-state index is -0.942. The largest absolute Gasteiger partial charge is 0.381 e. The number of hydrogen-bond acceptors (Lipinski definition) is 6. The summed E-state index contributed by atoms with van der Waals surface area (Å²) in [5.74, 6) is -1.91. The number of anilines is 1. The second-order valence-electron chi connectivity index (χ2n) is 7.07. The average Bonchev–Trinajstić information content (AvgIpc) is 2.93. The molecule has 142 valence electrons. The van der Waals surface area contributed by atoms with Crippen LogP contribution in [-0.2, 0) is 14.3 Å². The van der Waals surface area contributed by atoms with Gasteiger partial charge >= 0.3 is 0 Å². The van der Waals surface area contributed by atoms with E-state index < -0.39 is 23.8 Å². The monoisotopic (exact) mass is 371 g/mol. The summed E-state index contributed by atoms with van der Waals surface area (Å²) in [5.41, 5.74) is 1.38. The van der Waals surface area contributed by atoms with Gasteiger partial charge in [-0.05, 0) is 31.4 Å². The van der Waals surface area contributed by atoms with E-state index in [1.165, 1.54) is 0 Å². The first kappa shape index (κ1) is 17.7. The Balaban J connectivity index is 1.64. The molecule has 8 heteroatoms. The van der Waals surface area contributed by atoms with Gasteiger partial charge in [0.1, 0.15) is 6.04 Å². The van der Waals surface area contributed by atoms with Crippen molar-refractivity contribution < 1.29 is 23.9 Å². The van der Waals surface area contributed by atoms with E-state index in [1.807, 2.05) is 6.07 Å². The Morgan fingerprint density at radius 3 is 2.44 bits per heavy atom. The highest BCUT2D eigenvalue weighted by molar-refractivity contribution is 6.25. The van der Waals surface area contributed by atoms with Crippen LogP contribution in [0.1, 0.15) is 46.4 Å². The third-order valence-electron chi connectivity index (χ3n) is 5.56. The topological polar surface area (TPSA) is 96.0 Å². The minimum absolute atomic E-state index is 0.112. The van der Waals surface area contributed by atoms with Gasteiger partial charge in [-0.15, -0.1) is 0 Å². The first-order valence-corrected chi connectivity index (χ1v) is 9.13. The van der Waals surface area contributed by atoms with E-state index in [2.05, 4.69) is 10.2 Å². The number of rotatable bonds is 3. The molecular weight excluding hydrogens is 350 g/mol. The van der Waals surface area contributed by atoms with Crippen molar-refractivity contribution in [3.05, 3.63) is 29.3 Å². The van der Waals surface area contributed by atoms with Crippen LogP contribution in [-0.4, -0.2) is 60.9 Å². The highest BCUT2D eigenvalue weighted by Gasteiger charge is 2.46. The van der Waals surface area contributed by atoms with E-state index >= 15 is 0 Å². The predicted octanol–water partition coefficient (Wildman–Crippen LogP) is 0.703. The van der Waals surface area contributed by atoms with Crippen molar-refractivity contribution in [3.8, 4) is 0 Å². The summed E-state index contributed by atoms with van der Waals surface area (Å²) < 4.78 is 5.40. The van der Waals surface area contributed by atoms with E-state index in [0.29, 0.717) is 11.1 Å². The predicted molar refractivity (Wildman–Crippen MR) is 95.4 cm³/mol. The molecule has 0 spiro atoms. The molecule has 2 saturated heterocycles. The molecule has 0 saturated carbocycles. The zero-order valence-corrected chi connectivity index (χ0v) is 15.1. The maximum atomic E-state index is 13.1. The SMILES string of the molecule is COC1CCN(c2cccc3c2C(=O)N(C2CCC(=O)NC2=O)C3=O)CC1. The highest BCUT2D eigenvalue weighted by Crippen LogP contribution is 2.35. The van der Waals surface area contributed by atoms with Gasteiger partial charge in [-0.2, -0.15) is 0 Å². The summed E-state index contributed by atoms with van der Waals surface area (Å²) in [5, 5.41) is 2.22. The number of benzene rings is 1. The molecule has 0 aliphatic carbocycles. The van der Waals surface area contributed by atoms with Crippen molar-refractivity contribution in [1.82, 2.24) is 10.2 Å². The van der Waals surface area contributed by atoms with Crippen molar-refractivity contribution in [2.75, 3.05) is 25.1 Å². The van der Waals surface area contributed by atoms with Gasteiger partial charge in [0.15, 0.2) is 0 Å². The molecule has 2 fully saturated rings. The van der Waals surface area contributed by atoms with E-state index in [-0.39, 0.29) is 24.9 Å². The van der Waals surface area contributed by atoms with Gasteiger partial charge in [-0.1, -0.05) is 6.07 Å². The first-order valence-electron chi connectivity index (χ1n) is 9.13. The zero-order chi connectivity index (χ0) is 19.1. The lowest BCUT2D eigenvalue weighted by molar-refractivity contribution is -0.136. The molecule has 3 heterocycles. The number of nitrogens with zero attached hydrogens (tertiary/aromatic N) is 2. The first-order chi connectivity index (χ1) is 13.0. The Hall–Kier alpha value is -2.74. The number of amides is 4. The molecule has 27 heavy (non-hydrogen) atoms. The molecule has 1 N–H and O–H groups in total. The molecule has 4 rings (SSSR count). The number of carbonyl (C=O) groups is 4. The van der Waals surface area contributed by atoms with Gasteiger partial charge in [-0.25, -0.2) is 0 Å². The van der Waals surface area contributed by atoms with Crippen LogP contribution in [0.15, 0.2) is 18.2 Å².